The van der Waals surface area contributed by atoms with Crippen LogP contribution in [-0.4, -0.2) is 25.0 Å². The van der Waals surface area contributed by atoms with E-state index in [-0.39, 0.29) is 16.3 Å². The normalized spacial score (nSPS) is 25.5. The Bertz CT molecular complexity index is 425. The van der Waals surface area contributed by atoms with Gasteiger partial charge in [-0.05, 0) is 54.0 Å². The lowest BCUT2D eigenvalue weighted by Gasteiger charge is -2.20. The second kappa shape index (κ2) is 5.00. The van der Waals surface area contributed by atoms with Crippen molar-refractivity contribution in [2.45, 2.75) is 12.5 Å². The van der Waals surface area contributed by atoms with Gasteiger partial charge in [-0.2, -0.15) is 0 Å². The van der Waals surface area contributed by atoms with Gasteiger partial charge in [0.1, 0.15) is 11.6 Å². The number of rotatable bonds is 2. The molecule has 5 heteroatoms. The zero-order valence-electron chi connectivity index (χ0n) is 9.59. The largest absolute Gasteiger partial charge is 0.330 e. The van der Waals surface area contributed by atoms with E-state index in [0.29, 0.717) is 18.0 Å². The average molecular weight is 305 g/mol. The maximum Gasteiger partial charge on any atom is 0.142 e. The summed E-state index contributed by atoms with van der Waals surface area (Å²) in [6, 6.07) is 2.34. The molecule has 2 unspecified atom stereocenters. The van der Waals surface area contributed by atoms with E-state index in [9.17, 15) is 8.78 Å². The topological polar surface area (TPSA) is 29.3 Å². The second-order valence-electron chi connectivity index (χ2n) is 4.58. The van der Waals surface area contributed by atoms with Crippen molar-refractivity contribution in [2.75, 3.05) is 20.1 Å². The van der Waals surface area contributed by atoms with E-state index in [2.05, 4.69) is 15.9 Å². The monoisotopic (exact) mass is 304 g/mol. The van der Waals surface area contributed by atoms with Crippen LogP contribution in [0.3, 0.4) is 0 Å². The molecule has 1 fully saturated rings. The molecule has 0 saturated carbocycles. The minimum Gasteiger partial charge on any atom is -0.330 e. The fraction of sp³-hybridized carbons (Fsp3) is 0.500. The molecule has 2 N–H and O–H groups in total. The summed E-state index contributed by atoms with van der Waals surface area (Å²) in [6.45, 7) is 1.41. The van der Waals surface area contributed by atoms with Crippen LogP contribution in [0, 0.1) is 17.6 Å². The molecule has 1 aromatic carbocycles. The predicted octanol–water partition coefficient (Wildman–Crippen LogP) is 2.68. The van der Waals surface area contributed by atoms with Gasteiger partial charge in [0.15, 0.2) is 0 Å². The van der Waals surface area contributed by atoms with E-state index in [1.54, 1.807) is 0 Å². The highest BCUT2D eigenvalue weighted by Crippen LogP contribution is 2.37. The molecule has 2 nitrogen and oxygen atoms in total. The quantitative estimate of drug-likeness (QED) is 0.851. The summed E-state index contributed by atoms with van der Waals surface area (Å²) >= 11 is 3.04. The Balaban J connectivity index is 2.34. The summed E-state index contributed by atoms with van der Waals surface area (Å²) in [5, 5.41) is 0. The number of nitrogens with zero attached hydrogens (tertiary/aromatic N) is 1. The van der Waals surface area contributed by atoms with Gasteiger partial charge in [-0.3, -0.25) is 4.90 Å². The summed E-state index contributed by atoms with van der Waals surface area (Å²) < 4.78 is 27.5. The van der Waals surface area contributed by atoms with Crippen LogP contribution in [0.5, 0.6) is 0 Å². The van der Waals surface area contributed by atoms with Crippen LogP contribution in [0.15, 0.2) is 16.6 Å². The van der Waals surface area contributed by atoms with Gasteiger partial charge in [0.2, 0.25) is 0 Å². The third kappa shape index (κ3) is 2.51. The molecular formula is C12H15BrF2N2. The molecule has 1 aliphatic rings. The molecule has 2 atom stereocenters. The highest BCUT2D eigenvalue weighted by atomic mass is 79.9. The Kier molecular flexibility index (Phi) is 3.80. The summed E-state index contributed by atoms with van der Waals surface area (Å²) in [4.78, 5) is 2.03. The number of benzene rings is 1. The molecule has 0 bridgehead atoms. The minimum atomic E-state index is -0.419. The number of hydrogen-bond donors (Lipinski definition) is 1. The standard InChI is InChI=1S/C12H15BrF2N2/c1-17-6-7(5-16)2-11(17)9-3-8(14)4-10(13)12(9)15/h3-4,7,11H,2,5-6,16H2,1H3. The van der Waals surface area contributed by atoms with E-state index in [4.69, 9.17) is 5.73 Å². The van der Waals surface area contributed by atoms with Crippen molar-refractivity contribution >= 4 is 15.9 Å². The molecule has 1 heterocycles. The molecule has 0 aromatic heterocycles. The number of nitrogens with two attached hydrogens (primary N) is 1. The minimum absolute atomic E-state index is 0.0875. The summed E-state index contributed by atoms with van der Waals surface area (Å²) in [6.07, 6.45) is 0.778. The fourth-order valence-corrected chi connectivity index (χ4v) is 2.91. The Morgan fingerprint density at radius 1 is 1.47 bits per heavy atom. The Morgan fingerprint density at radius 2 is 2.18 bits per heavy atom. The van der Waals surface area contributed by atoms with Crippen molar-refractivity contribution in [3.8, 4) is 0 Å². The van der Waals surface area contributed by atoms with Crippen molar-refractivity contribution in [3.05, 3.63) is 33.8 Å². The lowest BCUT2D eigenvalue weighted by molar-refractivity contribution is 0.305. The summed E-state index contributed by atoms with van der Waals surface area (Å²) in [7, 11) is 1.92. The first-order valence-electron chi connectivity index (χ1n) is 5.57. The third-order valence-electron chi connectivity index (χ3n) is 3.35. The van der Waals surface area contributed by atoms with Crippen molar-refractivity contribution in [3.63, 3.8) is 0 Å². The Morgan fingerprint density at radius 3 is 2.76 bits per heavy atom. The second-order valence-corrected chi connectivity index (χ2v) is 5.44. The molecule has 1 aromatic rings. The molecule has 2 rings (SSSR count). The molecule has 0 amide bonds. The lowest BCUT2D eigenvalue weighted by Crippen LogP contribution is -2.21. The van der Waals surface area contributed by atoms with Crippen LogP contribution in [0.25, 0.3) is 0 Å². The highest BCUT2D eigenvalue weighted by Gasteiger charge is 2.32. The number of halogens is 3. The predicted molar refractivity (Wildman–Crippen MR) is 66.6 cm³/mol. The fourth-order valence-electron chi connectivity index (χ4n) is 2.46. The third-order valence-corrected chi connectivity index (χ3v) is 3.93. The van der Waals surface area contributed by atoms with E-state index in [1.165, 1.54) is 6.07 Å². The van der Waals surface area contributed by atoms with Gasteiger partial charge >= 0.3 is 0 Å². The van der Waals surface area contributed by atoms with E-state index < -0.39 is 5.82 Å². The van der Waals surface area contributed by atoms with Crippen molar-refractivity contribution in [1.29, 1.82) is 0 Å². The van der Waals surface area contributed by atoms with Crippen LogP contribution in [0.2, 0.25) is 0 Å². The SMILES string of the molecule is CN1CC(CN)CC1c1cc(F)cc(Br)c1F. The molecule has 0 spiro atoms. The summed E-state index contributed by atoms with van der Waals surface area (Å²) in [5.74, 6) is -0.440. The van der Waals surface area contributed by atoms with Crippen LogP contribution < -0.4 is 5.73 Å². The van der Waals surface area contributed by atoms with Gasteiger partial charge < -0.3 is 5.73 Å². The van der Waals surface area contributed by atoms with Crippen LogP contribution in [0.4, 0.5) is 8.78 Å². The average Bonchev–Trinajstić information content (AvgIpc) is 2.65. The number of hydrogen-bond acceptors (Lipinski definition) is 2. The Labute approximate surface area is 108 Å². The zero-order chi connectivity index (χ0) is 12.6. The van der Waals surface area contributed by atoms with Gasteiger partial charge in [0.05, 0.1) is 4.47 Å². The smallest absolute Gasteiger partial charge is 0.142 e. The first kappa shape index (κ1) is 12.9. The first-order chi connectivity index (χ1) is 8.02. The van der Waals surface area contributed by atoms with Crippen molar-refractivity contribution in [2.24, 2.45) is 11.7 Å². The molecule has 17 heavy (non-hydrogen) atoms. The van der Waals surface area contributed by atoms with Gasteiger partial charge in [0, 0.05) is 18.2 Å². The van der Waals surface area contributed by atoms with E-state index in [1.807, 2.05) is 11.9 Å². The molecule has 94 valence electrons. The molecule has 1 aliphatic heterocycles. The zero-order valence-corrected chi connectivity index (χ0v) is 11.2. The van der Waals surface area contributed by atoms with E-state index >= 15 is 0 Å². The van der Waals surface area contributed by atoms with Gasteiger partial charge in [-0.25, -0.2) is 8.78 Å². The highest BCUT2D eigenvalue weighted by molar-refractivity contribution is 9.10. The van der Waals surface area contributed by atoms with Crippen LogP contribution in [-0.2, 0) is 0 Å². The Hall–Kier alpha value is -0.520. The molecule has 0 radical (unpaired) electrons. The van der Waals surface area contributed by atoms with Crippen LogP contribution >= 0.6 is 15.9 Å². The van der Waals surface area contributed by atoms with Crippen molar-refractivity contribution in [1.82, 2.24) is 4.90 Å². The first-order valence-corrected chi connectivity index (χ1v) is 6.37. The van der Waals surface area contributed by atoms with Crippen molar-refractivity contribution < 1.29 is 8.78 Å². The molecule has 1 saturated heterocycles. The van der Waals surface area contributed by atoms with Gasteiger partial charge in [-0.1, -0.05) is 0 Å². The van der Waals surface area contributed by atoms with Crippen LogP contribution in [0.1, 0.15) is 18.0 Å². The molecular weight excluding hydrogens is 290 g/mol. The van der Waals surface area contributed by atoms with Gasteiger partial charge in [0.25, 0.3) is 0 Å². The maximum absolute atomic E-state index is 14.0. The summed E-state index contributed by atoms with van der Waals surface area (Å²) in [5.41, 5.74) is 6.04. The molecule has 0 aliphatic carbocycles. The maximum atomic E-state index is 14.0. The number of likely N-dealkylation sites (tertiary alicyclic amines) is 1. The van der Waals surface area contributed by atoms with E-state index in [0.717, 1.165) is 19.0 Å². The lowest BCUT2D eigenvalue weighted by atomic mass is 9.99. The van der Waals surface area contributed by atoms with Gasteiger partial charge in [-0.15, -0.1) is 0 Å².